The normalized spacial score (nSPS) is 2.10. The first-order valence-electron chi connectivity index (χ1n) is 1.28. The van der Waals surface area contributed by atoms with Gasteiger partial charge in [0.2, 0.25) is 0 Å². The number of nitriles is 3. The van der Waals surface area contributed by atoms with Crippen molar-refractivity contribution in [3.8, 4) is 16.2 Å². The molecule has 0 aromatic heterocycles. The molecule has 0 amide bonds. The molecule has 0 aromatic carbocycles. The Labute approximate surface area is 110 Å². The molecule has 0 unspecified atom stereocenters. The molecule has 0 saturated heterocycles. The maximum Gasteiger partial charge on any atom is 3.00 e. The van der Waals surface area contributed by atoms with Crippen molar-refractivity contribution in [2.45, 2.75) is 0 Å². The van der Waals surface area contributed by atoms with Gasteiger partial charge in [0.1, 0.15) is 0 Å². The average Bonchev–Trinajstić information content (AvgIpc) is 1.70. The molecular formula is C3N3PrS3. The van der Waals surface area contributed by atoms with Gasteiger partial charge in [-0.25, -0.2) is 15.8 Å². The van der Waals surface area contributed by atoms with E-state index in [-0.39, 0.29) is 41.3 Å². The van der Waals surface area contributed by atoms with Gasteiger partial charge in [-0.15, -0.1) is 0 Å². The summed E-state index contributed by atoms with van der Waals surface area (Å²) in [4.78, 5) is 0. The van der Waals surface area contributed by atoms with Gasteiger partial charge >= 0.3 is 41.3 Å². The molecule has 3 nitrogen and oxygen atoms in total. The van der Waals surface area contributed by atoms with Gasteiger partial charge in [-0.3, -0.25) is 0 Å². The summed E-state index contributed by atoms with van der Waals surface area (Å²) in [6.45, 7) is 0. The minimum absolute atomic E-state index is 0. The van der Waals surface area contributed by atoms with Gasteiger partial charge in [-0.05, 0) is 0 Å². The van der Waals surface area contributed by atoms with Gasteiger partial charge in [0.15, 0.2) is 0 Å². The van der Waals surface area contributed by atoms with Crippen LogP contribution in [0.1, 0.15) is 0 Å². The zero-order valence-corrected chi connectivity index (χ0v) is 10.8. The molecule has 0 fully saturated rings. The molecule has 0 radical (unpaired) electrons. The van der Waals surface area contributed by atoms with Crippen LogP contribution in [0.2, 0.25) is 0 Å². The molecule has 0 aliphatic carbocycles. The number of nitrogens with zero attached hydrogens (tertiary/aromatic N) is 3. The summed E-state index contributed by atoms with van der Waals surface area (Å²) in [5.74, 6) is 0. The largest absolute Gasteiger partial charge is 3.00 e. The van der Waals surface area contributed by atoms with Crippen LogP contribution in [-0.2, 0) is 37.9 Å². The van der Waals surface area contributed by atoms with Gasteiger partial charge in [0.05, 0.1) is 0 Å². The van der Waals surface area contributed by atoms with E-state index in [1.54, 1.807) is 0 Å². The Morgan fingerprint density at radius 1 is 0.700 bits per heavy atom. The minimum atomic E-state index is 0. The van der Waals surface area contributed by atoms with E-state index < -0.39 is 0 Å². The predicted molar refractivity (Wildman–Crippen MR) is 38.9 cm³/mol. The van der Waals surface area contributed by atoms with Gasteiger partial charge in [-0.1, -0.05) is 16.2 Å². The Morgan fingerprint density at radius 2 is 0.700 bits per heavy atom. The van der Waals surface area contributed by atoms with Crippen molar-refractivity contribution in [1.82, 2.24) is 0 Å². The quantitative estimate of drug-likeness (QED) is 0.464. The fraction of sp³-hybridized carbons (Fsp3) is 0. The number of hydrogen-bond donors (Lipinski definition) is 0. The van der Waals surface area contributed by atoms with Crippen LogP contribution in [0.15, 0.2) is 0 Å². The Kier molecular flexibility index (Phi) is 126. The van der Waals surface area contributed by atoms with E-state index in [1.165, 1.54) is 16.2 Å². The number of rotatable bonds is 0. The molecule has 48 valence electrons. The van der Waals surface area contributed by atoms with Gasteiger partial charge < -0.3 is 37.9 Å². The van der Waals surface area contributed by atoms with Crippen LogP contribution in [-0.4, -0.2) is 0 Å². The van der Waals surface area contributed by atoms with Gasteiger partial charge in [-0.2, -0.15) is 0 Å². The van der Waals surface area contributed by atoms with E-state index in [0.717, 1.165) is 0 Å². The molecule has 7 heteroatoms. The molecule has 0 bridgehead atoms. The van der Waals surface area contributed by atoms with Crippen molar-refractivity contribution in [2.24, 2.45) is 0 Å². The third-order valence-corrected chi connectivity index (χ3v) is 0. The Bertz CT molecular complexity index is 112. The first-order chi connectivity index (χ1) is 4.24. The Morgan fingerprint density at radius 3 is 0.700 bits per heavy atom. The standard InChI is InChI=1S/3CHNS.Pr/c3*2-1-3;/h3*3H;/q;;;+3/p-3. The monoisotopic (exact) mass is 315 g/mol. The smallest absolute Gasteiger partial charge is 0.696 e. The van der Waals surface area contributed by atoms with E-state index >= 15 is 0 Å². The zero-order chi connectivity index (χ0) is 8.12. The fourth-order valence-electron chi connectivity index (χ4n) is 0. The van der Waals surface area contributed by atoms with Crippen molar-refractivity contribution in [3.63, 3.8) is 0 Å². The van der Waals surface area contributed by atoms with E-state index in [4.69, 9.17) is 15.8 Å². The topological polar surface area (TPSA) is 71.4 Å². The van der Waals surface area contributed by atoms with Gasteiger partial charge in [0.25, 0.3) is 0 Å². The van der Waals surface area contributed by atoms with E-state index in [0.29, 0.717) is 0 Å². The first kappa shape index (κ1) is 22.4. The van der Waals surface area contributed by atoms with E-state index in [1.807, 2.05) is 0 Å². The summed E-state index contributed by atoms with van der Waals surface area (Å²) in [5, 5.41) is 25.4. The van der Waals surface area contributed by atoms with Crippen LogP contribution in [0.25, 0.3) is 0 Å². The minimum Gasteiger partial charge on any atom is -0.696 e. The molecule has 0 aromatic rings. The summed E-state index contributed by atoms with van der Waals surface area (Å²) in [5.41, 5.74) is 0. The van der Waals surface area contributed by atoms with Crippen molar-refractivity contribution in [3.05, 3.63) is 0 Å². The first-order valence-corrected chi connectivity index (χ1v) is 2.51. The van der Waals surface area contributed by atoms with Crippen molar-refractivity contribution in [1.29, 1.82) is 15.8 Å². The zero-order valence-electron chi connectivity index (χ0n) is 4.64. The molecule has 0 aliphatic heterocycles. The van der Waals surface area contributed by atoms with Crippen molar-refractivity contribution < 1.29 is 41.3 Å². The van der Waals surface area contributed by atoms with Crippen molar-refractivity contribution >= 4 is 37.9 Å². The summed E-state index contributed by atoms with van der Waals surface area (Å²) in [6.07, 6.45) is 0. The SMILES string of the molecule is N#C[S-].N#C[S-].N#C[S-].[Pr+3]. The maximum atomic E-state index is 7.13. The second-order valence-electron chi connectivity index (χ2n) is 0.274. The molecule has 0 atom stereocenters. The molecule has 0 saturated carbocycles. The van der Waals surface area contributed by atoms with Crippen LogP contribution in [0.5, 0.6) is 0 Å². The van der Waals surface area contributed by atoms with Crippen LogP contribution < -0.4 is 0 Å². The van der Waals surface area contributed by atoms with Crippen LogP contribution in [0.4, 0.5) is 0 Å². The Balaban J connectivity index is -0.0000000257. The molecular weight excluding hydrogens is 315 g/mol. The number of hydrogen-bond acceptors (Lipinski definition) is 6. The summed E-state index contributed by atoms with van der Waals surface area (Å²) in [7, 11) is 0. The summed E-state index contributed by atoms with van der Waals surface area (Å²) >= 11 is 11.1. The third kappa shape index (κ3) is 1960. The molecule has 10 heavy (non-hydrogen) atoms. The molecule has 0 rings (SSSR count). The average molecular weight is 315 g/mol. The van der Waals surface area contributed by atoms with E-state index in [9.17, 15) is 0 Å². The van der Waals surface area contributed by atoms with E-state index in [2.05, 4.69) is 37.9 Å². The third-order valence-electron chi connectivity index (χ3n) is 0. The summed E-state index contributed by atoms with van der Waals surface area (Å²) < 4.78 is 0. The van der Waals surface area contributed by atoms with Crippen LogP contribution in [0, 0.1) is 73.3 Å². The molecule has 0 spiro atoms. The predicted octanol–water partition coefficient (Wildman–Crippen LogP) is 0.0431. The van der Waals surface area contributed by atoms with Crippen LogP contribution >= 0.6 is 0 Å². The van der Waals surface area contributed by atoms with Gasteiger partial charge in [0, 0.05) is 0 Å². The molecule has 0 aliphatic rings. The number of thiocyanates is 3. The second kappa shape index (κ2) is 56.1. The maximum absolute atomic E-state index is 7.13. The van der Waals surface area contributed by atoms with Crippen molar-refractivity contribution in [2.75, 3.05) is 0 Å². The van der Waals surface area contributed by atoms with Crippen LogP contribution in [0.3, 0.4) is 0 Å². The Hall–Kier alpha value is 0.494. The fourth-order valence-corrected chi connectivity index (χ4v) is 0. The second-order valence-corrected chi connectivity index (χ2v) is 0.822. The summed E-state index contributed by atoms with van der Waals surface area (Å²) in [6, 6.07) is 0. The molecule has 0 N–H and O–H groups in total. The molecule has 0 heterocycles.